The Balaban J connectivity index is 1.50. The number of halogens is 3. The number of aromatic nitrogens is 4. The maximum absolute atomic E-state index is 12.8. The van der Waals surface area contributed by atoms with Gasteiger partial charge in [0.25, 0.3) is 11.5 Å². The lowest BCUT2D eigenvalue weighted by molar-refractivity contribution is -0.148. The molecule has 2 aromatic heterocycles. The van der Waals surface area contributed by atoms with Crippen LogP contribution in [0.5, 0.6) is 0 Å². The molecule has 0 unspecified atom stereocenters. The summed E-state index contributed by atoms with van der Waals surface area (Å²) in [7, 11) is 1.72. The summed E-state index contributed by atoms with van der Waals surface area (Å²) in [5, 5.41) is 0. The van der Waals surface area contributed by atoms with Crippen molar-refractivity contribution in [1.29, 1.82) is 0 Å². The second kappa shape index (κ2) is 10.4. The number of aryl methyl sites for hydroxylation is 2. The number of rotatable bonds is 6. The number of nitrogens with zero attached hydrogens (tertiary/aromatic N) is 6. The van der Waals surface area contributed by atoms with Gasteiger partial charge in [0.05, 0.1) is 6.54 Å². The van der Waals surface area contributed by atoms with Crippen molar-refractivity contribution in [3.8, 4) is 0 Å². The zero-order chi connectivity index (χ0) is 26.9. The van der Waals surface area contributed by atoms with E-state index in [1.165, 1.54) is 14.0 Å². The molecule has 0 spiro atoms. The molecule has 0 N–H and O–H groups in total. The smallest absolute Gasteiger partial charge is 0.336 e. The number of amides is 1. The molecule has 198 valence electrons. The summed E-state index contributed by atoms with van der Waals surface area (Å²) in [4.78, 5) is 45.6. The predicted octanol–water partition coefficient (Wildman–Crippen LogP) is 2.43. The molecule has 9 nitrogen and oxygen atoms in total. The molecular formula is C25H29F3N6O3. The topological polar surface area (TPSA) is 85.4 Å². The Kier molecular flexibility index (Phi) is 7.39. The highest BCUT2D eigenvalue weighted by atomic mass is 19.4. The number of hydrogen-bond acceptors (Lipinski definition) is 5. The highest BCUT2D eigenvalue weighted by molar-refractivity contribution is 5.94. The number of alkyl halides is 3. The molecule has 1 amide bonds. The number of benzene rings is 1. The minimum absolute atomic E-state index is 0.180. The van der Waals surface area contributed by atoms with Crippen molar-refractivity contribution in [2.75, 3.05) is 32.7 Å². The standard InChI is InChI=1S/C25H29F3N6O3/c1-4-33-21-20(23(36)34(5-2)24(33)37)30(3)19(29-21)11-8-17-6-9-18(10-7-17)22(35)32-14-12-31(13-15-32)16-25(26,27)28/h6-11H,4-5,12-16H2,1-3H3. The molecular weight excluding hydrogens is 489 g/mol. The quantitative estimate of drug-likeness (QED) is 0.501. The monoisotopic (exact) mass is 518 g/mol. The molecule has 1 aromatic carbocycles. The third-order valence-corrected chi connectivity index (χ3v) is 6.55. The Morgan fingerprint density at radius 3 is 2.16 bits per heavy atom. The summed E-state index contributed by atoms with van der Waals surface area (Å²) < 4.78 is 42.1. The first kappa shape index (κ1) is 26.4. The molecule has 3 heterocycles. The number of piperazine rings is 1. The van der Waals surface area contributed by atoms with Gasteiger partial charge in [0, 0.05) is 51.9 Å². The van der Waals surface area contributed by atoms with Crippen molar-refractivity contribution < 1.29 is 18.0 Å². The Morgan fingerprint density at radius 2 is 1.59 bits per heavy atom. The van der Waals surface area contributed by atoms with E-state index in [-0.39, 0.29) is 44.2 Å². The van der Waals surface area contributed by atoms with E-state index in [2.05, 4.69) is 4.98 Å². The van der Waals surface area contributed by atoms with Gasteiger partial charge in [-0.15, -0.1) is 0 Å². The molecule has 1 aliphatic rings. The molecule has 3 aromatic rings. The van der Waals surface area contributed by atoms with Gasteiger partial charge in [-0.05, 0) is 37.6 Å². The van der Waals surface area contributed by atoms with E-state index >= 15 is 0 Å². The molecule has 0 bridgehead atoms. The van der Waals surface area contributed by atoms with Crippen LogP contribution in [0.1, 0.15) is 35.6 Å². The average molecular weight is 519 g/mol. The number of imidazole rings is 1. The van der Waals surface area contributed by atoms with Gasteiger partial charge in [0.1, 0.15) is 5.82 Å². The van der Waals surface area contributed by atoms with Gasteiger partial charge in [-0.1, -0.05) is 18.2 Å². The van der Waals surface area contributed by atoms with Crippen LogP contribution in [0.3, 0.4) is 0 Å². The van der Waals surface area contributed by atoms with Gasteiger partial charge in [0.2, 0.25) is 0 Å². The molecule has 1 saturated heterocycles. The van der Waals surface area contributed by atoms with E-state index in [4.69, 9.17) is 0 Å². The zero-order valence-corrected chi connectivity index (χ0v) is 21.0. The molecule has 0 saturated carbocycles. The highest BCUT2D eigenvalue weighted by Gasteiger charge is 2.33. The summed E-state index contributed by atoms with van der Waals surface area (Å²) >= 11 is 0. The van der Waals surface area contributed by atoms with E-state index in [0.29, 0.717) is 29.1 Å². The van der Waals surface area contributed by atoms with Crippen molar-refractivity contribution in [2.24, 2.45) is 7.05 Å². The zero-order valence-electron chi connectivity index (χ0n) is 21.0. The Hall–Kier alpha value is -3.67. The summed E-state index contributed by atoms with van der Waals surface area (Å²) in [5.41, 5.74) is 1.15. The summed E-state index contributed by atoms with van der Waals surface area (Å²) in [6.45, 7) is 4.08. The molecule has 37 heavy (non-hydrogen) atoms. The van der Waals surface area contributed by atoms with Gasteiger partial charge < -0.3 is 9.47 Å². The first-order chi connectivity index (χ1) is 17.5. The maximum Gasteiger partial charge on any atom is 0.401 e. The van der Waals surface area contributed by atoms with E-state index in [1.807, 2.05) is 6.92 Å². The van der Waals surface area contributed by atoms with Crippen LogP contribution >= 0.6 is 0 Å². The SMILES string of the molecule is CCn1c(=O)c2c(nc(C=Cc3ccc(C(=O)N4CCN(CC(F)(F)F)CC4)cc3)n2C)n(CC)c1=O. The van der Waals surface area contributed by atoms with Crippen molar-refractivity contribution in [3.63, 3.8) is 0 Å². The Bertz CT molecular complexity index is 1440. The van der Waals surface area contributed by atoms with Gasteiger partial charge >= 0.3 is 11.9 Å². The average Bonchev–Trinajstić information content (AvgIpc) is 3.18. The molecule has 0 atom stereocenters. The highest BCUT2D eigenvalue weighted by Crippen LogP contribution is 2.19. The third-order valence-electron chi connectivity index (χ3n) is 6.55. The van der Waals surface area contributed by atoms with E-state index < -0.39 is 18.4 Å². The number of carbonyl (C=O) groups excluding carboxylic acids is 1. The van der Waals surface area contributed by atoms with Crippen LogP contribution in [0.2, 0.25) is 0 Å². The van der Waals surface area contributed by atoms with Crippen molar-refractivity contribution in [1.82, 2.24) is 28.5 Å². The minimum Gasteiger partial charge on any atom is -0.336 e. The van der Waals surface area contributed by atoms with Crippen LogP contribution in [0.4, 0.5) is 13.2 Å². The van der Waals surface area contributed by atoms with Gasteiger partial charge in [0.15, 0.2) is 11.2 Å². The normalized spacial score (nSPS) is 15.2. The fraction of sp³-hybridized carbons (Fsp3) is 0.440. The van der Waals surface area contributed by atoms with Crippen LogP contribution in [0.15, 0.2) is 33.9 Å². The first-order valence-corrected chi connectivity index (χ1v) is 12.1. The van der Waals surface area contributed by atoms with Crippen LogP contribution in [0.25, 0.3) is 23.3 Å². The lowest BCUT2D eigenvalue weighted by atomic mass is 10.1. The fourth-order valence-corrected chi connectivity index (χ4v) is 4.55. The molecule has 1 aliphatic heterocycles. The molecule has 0 aliphatic carbocycles. The first-order valence-electron chi connectivity index (χ1n) is 12.1. The van der Waals surface area contributed by atoms with Gasteiger partial charge in [-0.25, -0.2) is 9.78 Å². The van der Waals surface area contributed by atoms with E-state index in [0.717, 1.165) is 5.56 Å². The summed E-state index contributed by atoms with van der Waals surface area (Å²) in [5.74, 6) is 0.279. The number of fused-ring (bicyclic) bond motifs is 1. The van der Waals surface area contributed by atoms with Crippen molar-refractivity contribution >= 4 is 29.2 Å². The predicted molar refractivity (Wildman–Crippen MR) is 134 cm³/mol. The summed E-state index contributed by atoms with van der Waals surface area (Å²) in [6, 6.07) is 6.87. The van der Waals surface area contributed by atoms with Crippen molar-refractivity contribution in [2.45, 2.75) is 33.1 Å². The van der Waals surface area contributed by atoms with Crippen LogP contribution in [-0.2, 0) is 20.1 Å². The Morgan fingerprint density at radius 1 is 0.973 bits per heavy atom. The van der Waals surface area contributed by atoms with Gasteiger partial charge in [-0.2, -0.15) is 13.2 Å². The second-order valence-electron chi connectivity index (χ2n) is 8.92. The van der Waals surface area contributed by atoms with Gasteiger partial charge in [-0.3, -0.25) is 23.6 Å². The number of carbonyl (C=O) groups is 1. The summed E-state index contributed by atoms with van der Waals surface area (Å²) in [6.07, 6.45) is -0.725. The minimum atomic E-state index is -4.25. The Labute approximate surface area is 211 Å². The molecule has 1 fully saturated rings. The maximum atomic E-state index is 12.8. The van der Waals surface area contributed by atoms with Crippen molar-refractivity contribution in [3.05, 3.63) is 62.1 Å². The third kappa shape index (κ3) is 5.38. The van der Waals surface area contributed by atoms with Crippen LogP contribution in [0, 0.1) is 0 Å². The van der Waals surface area contributed by atoms with Crippen LogP contribution in [-0.4, -0.2) is 73.3 Å². The lowest BCUT2D eigenvalue weighted by Gasteiger charge is -2.35. The molecule has 12 heteroatoms. The second-order valence-corrected chi connectivity index (χ2v) is 8.92. The molecule has 4 rings (SSSR count). The van der Waals surface area contributed by atoms with Crippen LogP contribution < -0.4 is 11.2 Å². The van der Waals surface area contributed by atoms with E-state index in [1.54, 1.807) is 59.9 Å². The fourth-order valence-electron chi connectivity index (χ4n) is 4.55. The largest absolute Gasteiger partial charge is 0.401 e. The number of hydrogen-bond donors (Lipinski definition) is 0. The lowest BCUT2D eigenvalue weighted by Crippen LogP contribution is -2.50. The molecule has 0 radical (unpaired) electrons. The van der Waals surface area contributed by atoms with E-state index in [9.17, 15) is 27.6 Å².